The molecule has 1 aliphatic carbocycles. The third-order valence-corrected chi connectivity index (χ3v) is 8.62. The molecule has 1 aromatic carbocycles. The van der Waals surface area contributed by atoms with Crippen LogP contribution in [0.4, 0.5) is 13.2 Å². The molecule has 0 amide bonds. The van der Waals surface area contributed by atoms with Crippen molar-refractivity contribution in [3.8, 4) is 0 Å². The first-order valence-electron chi connectivity index (χ1n) is 10.5. The number of rotatable bonds is 3. The van der Waals surface area contributed by atoms with Gasteiger partial charge in [-0.05, 0) is 80.2 Å². The quantitative estimate of drug-likeness (QED) is 0.363. The van der Waals surface area contributed by atoms with Gasteiger partial charge in [0.05, 0.1) is 5.54 Å². The zero-order chi connectivity index (χ0) is 21.9. The highest BCUT2D eigenvalue weighted by Gasteiger charge is 2.48. The molecular formula is C24H30F3IN2. The Morgan fingerprint density at radius 2 is 2.03 bits per heavy atom. The highest BCUT2D eigenvalue weighted by Crippen LogP contribution is 2.46. The Morgan fingerprint density at radius 3 is 2.70 bits per heavy atom. The van der Waals surface area contributed by atoms with Crippen molar-refractivity contribution in [2.75, 3.05) is 6.54 Å². The number of aryl methyl sites for hydroxylation is 1. The van der Waals surface area contributed by atoms with Crippen LogP contribution in [-0.2, 0) is 15.9 Å². The van der Waals surface area contributed by atoms with Crippen molar-refractivity contribution in [3.05, 3.63) is 58.6 Å². The van der Waals surface area contributed by atoms with Gasteiger partial charge in [0.2, 0.25) is 0 Å². The summed E-state index contributed by atoms with van der Waals surface area (Å²) < 4.78 is 44.3. The van der Waals surface area contributed by atoms with Crippen LogP contribution >= 0.6 is 20.7 Å². The molecule has 1 saturated heterocycles. The standard InChI is InChI=1S/C24H30F3IN2/c1-15(22(2,3)4)17-12-20(25)21-29-23(14-30(21)13-17)10-6-7-16-11-18(8-9-19(16)23)24(26,27)28-5/h8-9,11-13,15,21,29H,5-7,10,14H2,1-4H3/t15-,21?,23?/m0/s1. The van der Waals surface area contributed by atoms with Crippen molar-refractivity contribution in [2.45, 2.75) is 62.6 Å². The number of nitrogens with zero attached hydrogens (tertiary/aromatic N) is 1. The highest BCUT2D eigenvalue weighted by molar-refractivity contribution is 14.2. The van der Waals surface area contributed by atoms with Gasteiger partial charge in [0.25, 0.3) is 0 Å². The van der Waals surface area contributed by atoms with Crippen LogP contribution in [0.15, 0.2) is 41.9 Å². The lowest BCUT2D eigenvalue weighted by molar-refractivity contribution is 0.127. The summed E-state index contributed by atoms with van der Waals surface area (Å²) in [6.07, 6.45) is 5.83. The van der Waals surface area contributed by atoms with E-state index in [9.17, 15) is 8.78 Å². The molecule has 0 aromatic heterocycles. The maximum atomic E-state index is 15.1. The minimum absolute atomic E-state index is 0.0378. The fourth-order valence-electron chi connectivity index (χ4n) is 4.89. The van der Waals surface area contributed by atoms with Crippen LogP contribution in [0.25, 0.3) is 0 Å². The number of halogens is 4. The van der Waals surface area contributed by atoms with Crippen LogP contribution in [0, 0.1) is 11.3 Å². The van der Waals surface area contributed by atoms with Gasteiger partial charge in [-0.2, -0.15) is 8.78 Å². The maximum Gasteiger partial charge on any atom is 0.316 e. The maximum absolute atomic E-state index is 15.1. The van der Waals surface area contributed by atoms with Gasteiger partial charge in [0, 0.05) is 18.3 Å². The number of allylic oxidation sites excluding steroid dienone is 2. The second-order valence-corrected chi connectivity index (χ2v) is 12.0. The summed E-state index contributed by atoms with van der Waals surface area (Å²) in [7, 11) is 0. The average molecular weight is 530 g/mol. The van der Waals surface area contributed by atoms with Gasteiger partial charge in [-0.25, -0.2) is 4.39 Å². The Bertz CT molecular complexity index is 931. The van der Waals surface area contributed by atoms with Crippen LogP contribution in [0.5, 0.6) is 0 Å². The zero-order valence-electron chi connectivity index (χ0n) is 18.0. The van der Waals surface area contributed by atoms with E-state index < -0.39 is 36.4 Å². The van der Waals surface area contributed by atoms with Gasteiger partial charge in [-0.3, -0.25) is 5.32 Å². The number of hydrogen-bond donors (Lipinski definition) is 1. The number of alkyl halides is 3. The van der Waals surface area contributed by atoms with E-state index in [0.29, 0.717) is 6.54 Å². The van der Waals surface area contributed by atoms with Crippen molar-refractivity contribution in [1.29, 1.82) is 0 Å². The van der Waals surface area contributed by atoms with Gasteiger partial charge in [0.1, 0.15) is 12.0 Å². The van der Waals surface area contributed by atoms with E-state index in [2.05, 4.69) is 48.6 Å². The van der Waals surface area contributed by atoms with E-state index in [1.54, 1.807) is 18.2 Å². The second-order valence-electron chi connectivity index (χ2n) is 9.90. The molecule has 164 valence electrons. The molecule has 6 heteroatoms. The molecule has 2 heterocycles. The second kappa shape index (κ2) is 7.47. The first kappa shape index (κ1) is 22.1. The third kappa shape index (κ3) is 3.68. The normalized spacial score (nSPS) is 27.4. The number of benzene rings is 1. The molecular weight excluding hydrogens is 500 g/mol. The minimum Gasteiger partial charge on any atom is -0.354 e. The van der Waals surface area contributed by atoms with Crippen molar-refractivity contribution < 1.29 is 13.2 Å². The van der Waals surface area contributed by atoms with E-state index in [4.69, 9.17) is 0 Å². The summed E-state index contributed by atoms with van der Waals surface area (Å²) in [5.41, 5.74) is 2.70. The SMILES string of the molecule is C=IC(F)(F)c1ccc2c(c1)CCCC21CN2C=C([C@H](C)C(C)(C)C)C=C(F)C2N1. The Morgan fingerprint density at radius 1 is 1.30 bits per heavy atom. The first-order chi connectivity index (χ1) is 14.0. The molecule has 3 aliphatic rings. The highest BCUT2D eigenvalue weighted by atomic mass is 127. The number of nitrogens with one attached hydrogen (secondary N) is 1. The predicted octanol–water partition coefficient (Wildman–Crippen LogP) is 6.33. The van der Waals surface area contributed by atoms with Crippen molar-refractivity contribution in [3.63, 3.8) is 0 Å². The van der Waals surface area contributed by atoms with E-state index in [0.717, 1.165) is 36.0 Å². The van der Waals surface area contributed by atoms with Crippen LogP contribution in [-0.4, -0.2) is 22.1 Å². The van der Waals surface area contributed by atoms with Crippen molar-refractivity contribution >= 4 is 25.2 Å². The molecule has 30 heavy (non-hydrogen) atoms. The molecule has 1 aromatic rings. The monoisotopic (exact) mass is 530 g/mol. The van der Waals surface area contributed by atoms with Crippen LogP contribution < -0.4 is 5.32 Å². The summed E-state index contributed by atoms with van der Waals surface area (Å²) >= 11 is -1.46. The minimum atomic E-state index is -2.81. The summed E-state index contributed by atoms with van der Waals surface area (Å²) in [5, 5.41) is 3.53. The molecule has 0 bridgehead atoms. The molecule has 2 unspecified atom stereocenters. The Hall–Kier alpha value is -1.15. The largest absolute Gasteiger partial charge is 0.354 e. The van der Waals surface area contributed by atoms with Gasteiger partial charge < -0.3 is 4.90 Å². The number of hydrogen-bond acceptors (Lipinski definition) is 2. The Balaban J connectivity index is 1.69. The molecule has 2 nitrogen and oxygen atoms in total. The van der Waals surface area contributed by atoms with E-state index in [1.165, 1.54) is 0 Å². The van der Waals surface area contributed by atoms with Gasteiger partial charge in [-0.15, -0.1) is 0 Å². The molecule has 3 atom stereocenters. The molecule has 2 aliphatic heterocycles. The molecule has 0 radical (unpaired) electrons. The molecule has 1 fully saturated rings. The topological polar surface area (TPSA) is 15.3 Å². The average Bonchev–Trinajstić information content (AvgIpc) is 3.06. The first-order valence-corrected chi connectivity index (χ1v) is 13.1. The lowest BCUT2D eigenvalue weighted by atomic mass is 9.76. The fourth-order valence-corrected chi connectivity index (χ4v) is 5.67. The van der Waals surface area contributed by atoms with Crippen LogP contribution in [0.1, 0.15) is 57.2 Å². The summed E-state index contributed by atoms with van der Waals surface area (Å²) in [6, 6.07) is 5.05. The van der Waals surface area contributed by atoms with Crippen molar-refractivity contribution in [1.82, 2.24) is 10.2 Å². The molecule has 1 N–H and O–H groups in total. The summed E-state index contributed by atoms with van der Waals surface area (Å²) in [5.74, 6) is 0.0488. The predicted molar refractivity (Wildman–Crippen MR) is 126 cm³/mol. The smallest absolute Gasteiger partial charge is 0.316 e. The van der Waals surface area contributed by atoms with Gasteiger partial charge in [-0.1, -0.05) is 44.3 Å². The fraction of sp³-hybridized carbons (Fsp3) is 0.542. The van der Waals surface area contributed by atoms with E-state index in [1.807, 2.05) is 6.07 Å². The lowest BCUT2D eigenvalue weighted by Crippen LogP contribution is -2.45. The molecule has 1 spiro atoms. The Labute approximate surface area is 187 Å². The van der Waals surface area contributed by atoms with E-state index in [-0.39, 0.29) is 22.7 Å². The van der Waals surface area contributed by atoms with E-state index >= 15 is 4.39 Å². The van der Waals surface area contributed by atoms with Gasteiger partial charge >= 0.3 is 3.93 Å². The van der Waals surface area contributed by atoms with Crippen molar-refractivity contribution in [2.24, 2.45) is 11.3 Å². The van der Waals surface area contributed by atoms with Crippen LogP contribution in [0.3, 0.4) is 0 Å². The van der Waals surface area contributed by atoms with Crippen LogP contribution in [0.2, 0.25) is 0 Å². The lowest BCUT2D eigenvalue weighted by Gasteiger charge is -2.36. The third-order valence-electron chi connectivity index (χ3n) is 7.04. The summed E-state index contributed by atoms with van der Waals surface area (Å²) in [6.45, 7) is 9.28. The summed E-state index contributed by atoms with van der Waals surface area (Å²) in [4.78, 5) is 2.06. The molecule has 4 rings (SSSR count). The Kier molecular flexibility index (Phi) is 5.49. The zero-order valence-corrected chi connectivity index (χ0v) is 20.2. The molecule has 0 saturated carbocycles. The van der Waals surface area contributed by atoms with Gasteiger partial charge in [0.15, 0.2) is 0 Å². The number of fused-ring (bicyclic) bond motifs is 3.